The SMILES string of the molecule is O[C@@H]1CC(Cn2cccn2)C[C@H]1NCc1cnc2c(F)cccc2c1. The van der Waals surface area contributed by atoms with E-state index in [1.807, 2.05) is 29.1 Å². The molecular weight excluding hydrogens is 319 g/mol. The number of rotatable bonds is 5. The Balaban J connectivity index is 1.38. The molecular formula is C19H21FN4O. The van der Waals surface area contributed by atoms with Gasteiger partial charge in [-0.3, -0.25) is 9.67 Å². The number of para-hydroxylation sites is 1. The van der Waals surface area contributed by atoms with Gasteiger partial charge in [0.1, 0.15) is 11.3 Å². The van der Waals surface area contributed by atoms with Gasteiger partial charge in [0.2, 0.25) is 0 Å². The van der Waals surface area contributed by atoms with E-state index >= 15 is 0 Å². The summed E-state index contributed by atoms with van der Waals surface area (Å²) in [5.74, 6) is 0.112. The zero-order valence-electron chi connectivity index (χ0n) is 13.8. The Bertz CT molecular complexity index is 852. The number of nitrogens with one attached hydrogen (secondary N) is 1. The Morgan fingerprint density at radius 2 is 2.20 bits per heavy atom. The van der Waals surface area contributed by atoms with E-state index in [1.165, 1.54) is 6.07 Å². The van der Waals surface area contributed by atoms with Crippen LogP contribution in [0.15, 0.2) is 48.9 Å². The van der Waals surface area contributed by atoms with Crippen molar-refractivity contribution in [2.75, 3.05) is 0 Å². The monoisotopic (exact) mass is 340 g/mol. The Morgan fingerprint density at radius 1 is 1.28 bits per heavy atom. The molecule has 1 unspecified atom stereocenters. The van der Waals surface area contributed by atoms with Crippen molar-refractivity contribution in [1.29, 1.82) is 0 Å². The molecule has 2 heterocycles. The average Bonchev–Trinajstić information content (AvgIpc) is 3.23. The first kappa shape index (κ1) is 16.2. The van der Waals surface area contributed by atoms with Crippen LogP contribution in [0.2, 0.25) is 0 Å². The highest BCUT2D eigenvalue weighted by Crippen LogP contribution is 2.28. The smallest absolute Gasteiger partial charge is 0.149 e. The summed E-state index contributed by atoms with van der Waals surface area (Å²) in [6.07, 6.45) is 6.76. The number of pyridine rings is 1. The summed E-state index contributed by atoms with van der Waals surface area (Å²) in [7, 11) is 0. The van der Waals surface area contributed by atoms with Crippen LogP contribution in [-0.2, 0) is 13.1 Å². The van der Waals surface area contributed by atoms with Crippen LogP contribution in [0, 0.1) is 11.7 Å². The van der Waals surface area contributed by atoms with Crippen LogP contribution in [0.4, 0.5) is 4.39 Å². The molecule has 2 N–H and O–H groups in total. The molecule has 3 aromatic rings. The maximum Gasteiger partial charge on any atom is 0.149 e. The van der Waals surface area contributed by atoms with Gasteiger partial charge in [-0.15, -0.1) is 0 Å². The van der Waals surface area contributed by atoms with Crippen molar-refractivity contribution in [2.24, 2.45) is 5.92 Å². The number of aliphatic hydroxyl groups excluding tert-OH is 1. The molecule has 0 saturated heterocycles. The molecule has 130 valence electrons. The minimum Gasteiger partial charge on any atom is -0.391 e. The predicted molar refractivity (Wildman–Crippen MR) is 93.3 cm³/mol. The van der Waals surface area contributed by atoms with E-state index in [0.29, 0.717) is 18.0 Å². The molecule has 0 bridgehead atoms. The van der Waals surface area contributed by atoms with Gasteiger partial charge in [-0.1, -0.05) is 12.1 Å². The maximum atomic E-state index is 13.7. The molecule has 1 aromatic carbocycles. The molecule has 6 heteroatoms. The highest BCUT2D eigenvalue weighted by molar-refractivity contribution is 5.79. The fraction of sp³-hybridized carbons (Fsp3) is 0.368. The number of aromatic nitrogens is 3. The molecule has 3 atom stereocenters. The number of benzene rings is 1. The van der Waals surface area contributed by atoms with Crippen molar-refractivity contribution in [3.8, 4) is 0 Å². The van der Waals surface area contributed by atoms with Crippen molar-refractivity contribution in [3.63, 3.8) is 0 Å². The summed E-state index contributed by atoms with van der Waals surface area (Å²) in [6, 6.07) is 8.89. The number of halogens is 1. The van der Waals surface area contributed by atoms with Gasteiger partial charge in [-0.2, -0.15) is 5.10 Å². The third kappa shape index (κ3) is 3.55. The second-order valence-electron chi connectivity index (χ2n) is 6.78. The minimum atomic E-state index is -0.355. The molecule has 0 spiro atoms. The first-order chi connectivity index (χ1) is 12.2. The molecule has 1 fully saturated rings. The van der Waals surface area contributed by atoms with Gasteiger partial charge in [0, 0.05) is 43.1 Å². The lowest BCUT2D eigenvalue weighted by Crippen LogP contribution is -2.35. The normalized spacial score (nSPS) is 23.4. The predicted octanol–water partition coefficient (Wildman–Crippen LogP) is 2.50. The maximum absolute atomic E-state index is 13.7. The van der Waals surface area contributed by atoms with Crippen LogP contribution in [0.1, 0.15) is 18.4 Å². The summed E-state index contributed by atoms with van der Waals surface area (Å²) in [5, 5.41) is 18.8. The molecule has 5 nitrogen and oxygen atoms in total. The zero-order chi connectivity index (χ0) is 17.2. The van der Waals surface area contributed by atoms with Crippen LogP contribution < -0.4 is 5.32 Å². The van der Waals surface area contributed by atoms with Crippen LogP contribution in [0.3, 0.4) is 0 Å². The molecule has 0 radical (unpaired) electrons. The van der Waals surface area contributed by atoms with E-state index in [-0.39, 0.29) is 18.0 Å². The summed E-state index contributed by atoms with van der Waals surface area (Å²) in [6.45, 7) is 1.44. The second-order valence-corrected chi connectivity index (χ2v) is 6.78. The molecule has 25 heavy (non-hydrogen) atoms. The van der Waals surface area contributed by atoms with Crippen molar-refractivity contribution in [3.05, 3.63) is 60.3 Å². The molecule has 0 amide bonds. The van der Waals surface area contributed by atoms with Gasteiger partial charge in [-0.05, 0) is 42.5 Å². The summed E-state index contributed by atoms with van der Waals surface area (Å²) in [5.41, 5.74) is 1.38. The van der Waals surface area contributed by atoms with E-state index in [1.54, 1.807) is 18.5 Å². The second kappa shape index (κ2) is 6.90. The largest absolute Gasteiger partial charge is 0.391 e. The van der Waals surface area contributed by atoms with E-state index in [2.05, 4.69) is 15.4 Å². The number of nitrogens with zero attached hydrogens (tertiary/aromatic N) is 3. The lowest BCUT2D eigenvalue weighted by Gasteiger charge is -2.16. The summed E-state index contributed by atoms with van der Waals surface area (Å²) in [4.78, 5) is 4.22. The molecule has 4 rings (SSSR count). The Hall–Kier alpha value is -2.31. The first-order valence-corrected chi connectivity index (χ1v) is 8.61. The lowest BCUT2D eigenvalue weighted by molar-refractivity contribution is 0.145. The van der Waals surface area contributed by atoms with Gasteiger partial charge in [0.15, 0.2) is 0 Å². The number of fused-ring (bicyclic) bond motifs is 1. The first-order valence-electron chi connectivity index (χ1n) is 8.61. The van der Waals surface area contributed by atoms with E-state index in [4.69, 9.17) is 0 Å². The highest BCUT2D eigenvalue weighted by Gasteiger charge is 2.32. The molecule has 0 aliphatic heterocycles. The lowest BCUT2D eigenvalue weighted by atomic mass is 10.1. The Morgan fingerprint density at radius 3 is 3.04 bits per heavy atom. The molecule has 1 aliphatic rings. The third-order valence-corrected chi connectivity index (χ3v) is 4.92. The van der Waals surface area contributed by atoms with Crippen LogP contribution in [0.25, 0.3) is 10.9 Å². The molecule has 2 aromatic heterocycles. The summed E-state index contributed by atoms with van der Waals surface area (Å²) < 4.78 is 15.6. The van der Waals surface area contributed by atoms with Crippen LogP contribution in [-0.4, -0.2) is 32.0 Å². The van der Waals surface area contributed by atoms with Gasteiger partial charge >= 0.3 is 0 Å². The fourth-order valence-electron chi connectivity index (χ4n) is 3.67. The van der Waals surface area contributed by atoms with Crippen LogP contribution >= 0.6 is 0 Å². The highest BCUT2D eigenvalue weighted by atomic mass is 19.1. The standard InChI is InChI=1S/C19H21FN4O/c20-16-4-1-3-15-7-14(11-22-19(15)16)10-21-17-8-13(9-18(17)25)12-24-6-2-5-23-24/h1-7,11,13,17-18,21,25H,8-10,12H2/t13?,17-,18-/m1/s1. The number of aliphatic hydroxyl groups is 1. The fourth-order valence-corrected chi connectivity index (χ4v) is 3.67. The summed E-state index contributed by atoms with van der Waals surface area (Å²) >= 11 is 0. The van der Waals surface area contributed by atoms with E-state index < -0.39 is 0 Å². The van der Waals surface area contributed by atoms with Crippen molar-refractivity contribution in [2.45, 2.75) is 38.1 Å². The quantitative estimate of drug-likeness (QED) is 0.749. The average molecular weight is 340 g/mol. The van der Waals surface area contributed by atoms with Gasteiger partial charge in [0.05, 0.1) is 6.10 Å². The Labute approximate surface area is 145 Å². The van der Waals surface area contributed by atoms with E-state index in [9.17, 15) is 9.50 Å². The zero-order valence-corrected chi connectivity index (χ0v) is 13.8. The van der Waals surface area contributed by atoms with Gasteiger partial charge in [0.25, 0.3) is 0 Å². The van der Waals surface area contributed by atoms with Crippen molar-refractivity contribution < 1.29 is 9.50 Å². The molecule has 1 saturated carbocycles. The van der Waals surface area contributed by atoms with Crippen LogP contribution in [0.5, 0.6) is 0 Å². The topological polar surface area (TPSA) is 63.0 Å². The van der Waals surface area contributed by atoms with Gasteiger partial charge < -0.3 is 10.4 Å². The third-order valence-electron chi connectivity index (χ3n) is 4.92. The Kier molecular flexibility index (Phi) is 4.46. The minimum absolute atomic E-state index is 0.0590. The van der Waals surface area contributed by atoms with E-state index in [0.717, 1.165) is 30.3 Å². The number of hydrogen-bond donors (Lipinski definition) is 2. The van der Waals surface area contributed by atoms with Crippen molar-refractivity contribution in [1.82, 2.24) is 20.1 Å². The number of hydrogen-bond acceptors (Lipinski definition) is 4. The molecule has 1 aliphatic carbocycles. The van der Waals surface area contributed by atoms with Crippen molar-refractivity contribution >= 4 is 10.9 Å². The van der Waals surface area contributed by atoms with Gasteiger partial charge in [-0.25, -0.2) is 4.39 Å².